The topological polar surface area (TPSA) is 83.6 Å². The van der Waals surface area contributed by atoms with Crippen LogP contribution in [0.2, 0.25) is 0 Å². The maximum Gasteiger partial charge on any atom is 0.406 e. The van der Waals surface area contributed by atoms with Gasteiger partial charge in [0.15, 0.2) is 5.41 Å². The highest BCUT2D eigenvalue weighted by atomic mass is 19.4. The molecule has 1 fully saturated rings. The summed E-state index contributed by atoms with van der Waals surface area (Å²) in [6.07, 6.45) is -5.49. The lowest BCUT2D eigenvalue weighted by atomic mass is 9.86. The number of halogens is 3. The third-order valence-corrected chi connectivity index (χ3v) is 3.31. The zero-order valence-corrected chi connectivity index (χ0v) is 9.83. The van der Waals surface area contributed by atoms with E-state index in [1.807, 2.05) is 0 Å². The lowest BCUT2D eigenvalue weighted by Crippen LogP contribution is -2.48. The molecule has 0 radical (unpaired) electrons. The van der Waals surface area contributed by atoms with Crippen molar-refractivity contribution in [1.82, 2.24) is 4.90 Å². The quantitative estimate of drug-likeness (QED) is 0.778. The summed E-state index contributed by atoms with van der Waals surface area (Å²) in [5, 5.41) is 8.81. The van der Waals surface area contributed by atoms with Gasteiger partial charge in [-0.15, -0.1) is 0 Å². The SMILES string of the molecule is CC(CN)C(=O)N1CCC(C(=O)O)(C(F)(F)F)C1. The standard InChI is InChI=1S/C10H15F3N2O3/c1-6(4-14)7(16)15-3-2-9(5-15,8(17)18)10(11,12)13/h6H,2-5,14H2,1H3,(H,17,18). The number of nitrogens with zero attached hydrogens (tertiary/aromatic N) is 1. The fourth-order valence-corrected chi connectivity index (χ4v) is 1.94. The Hall–Kier alpha value is -1.31. The number of rotatable bonds is 3. The Balaban J connectivity index is 2.92. The van der Waals surface area contributed by atoms with E-state index in [1.165, 1.54) is 6.92 Å². The van der Waals surface area contributed by atoms with Crippen molar-refractivity contribution >= 4 is 11.9 Å². The smallest absolute Gasteiger partial charge is 0.406 e. The second-order valence-electron chi connectivity index (χ2n) is 4.53. The van der Waals surface area contributed by atoms with Crippen molar-refractivity contribution in [2.45, 2.75) is 19.5 Å². The zero-order chi connectivity index (χ0) is 14.1. The first-order chi connectivity index (χ1) is 8.15. The number of carbonyl (C=O) groups excluding carboxylic acids is 1. The van der Waals surface area contributed by atoms with Gasteiger partial charge in [-0.2, -0.15) is 13.2 Å². The second kappa shape index (κ2) is 4.75. The summed E-state index contributed by atoms with van der Waals surface area (Å²) in [6.45, 7) is 0.460. The van der Waals surface area contributed by atoms with Gasteiger partial charge in [0.2, 0.25) is 5.91 Å². The third-order valence-electron chi connectivity index (χ3n) is 3.31. The highest BCUT2D eigenvalue weighted by Gasteiger charge is 2.64. The van der Waals surface area contributed by atoms with E-state index in [4.69, 9.17) is 10.8 Å². The molecule has 2 unspecified atom stereocenters. The van der Waals surface area contributed by atoms with Crippen molar-refractivity contribution in [2.24, 2.45) is 17.1 Å². The second-order valence-corrected chi connectivity index (χ2v) is 4.53. The van der Waals surface area contributed by atoms with Gasteiger partial charge >= 0.3 is 12.1 Å². The molecule has 0 aliphatic carbocycles. The molecule has 8 heteroatoms. The lowest BCUT2D eigenvalue weighted by molar-refractivity contribution is -0.227. The number of carboxylic acids is 1. The lowest BCUT2D eigenvalue weighted by Gasteiger charge is -2.27. The van der Waals surface area contributed by atoms with Crippen molar-refractivity contribution in [3.05, 3.63) is 0 Å². The number of alkyl halides is 3. The molecule has 1 saturated heterocycles. The van der Waals surface area contributed by atoms with Crippen molar-refractivity contribution < 1.29 is 27.9 Å². The van der Waals surface area contributed by atoms with E-state index in [1.54, 1.807) is 0 Å². The summed E-state index contributed by atoms with van der Waals surface area (Å²) < 4.78 is 38.5. The number of nitrogens with two attached hydrogens (primary N) is 1. The number of hydrogen-bond donors (Lipinski definition) is 2. The summed E-state index contributed by atoms with van der Waals surface area (Å²) in [6, 6.07) is 0. The van der Waals surface area contributed by atoms with Crippen LogP contribution in [0.5, 0.6) is 0 Å². The Morgan fingerprint density at radius 2 is 2.06 bits per heavy atom. The first-order valence-electron chi connectivity index (χ1n) is 5.44. The van der Waals surface area contributed by atoms with Crippen molar-refractivity contribution in [2.75, 3.05) is 19.6 Å². The zero-order valence-electron chi connectivity index (χ0n) is 9.83. The van der Waals surface area contributed by atoms with Crippen LogP contribution < -0.4 is 5.73 Å². The minimum absolute atomic E-state index is 0.0153. The van der Waals surface area contributed by atoms with Gasteiger partial charge in [0.05, 0.1) is 0 Å². The van der Waals surface area contributed by atoms with Gasteiger partial charge in [-0.1, -0.05) is 6.92 Å². The van der Waals surface area contributed by atoms with Gasteiger partial charge < -0.3 is 15.7 Å². The van der Waals surface area contributed by atoms with Gasteiger partial charge in [0.25, 0.3) is 0 Å². The molecule has 5 nitrogen and oxygen atoms in total. The Kier molecular flexibility index (Phi) is 3.89. The van der Waals surface area contributed by atoms with E-state index in [-0.39, 0.29) is 13.1 Å². The highest BCUT2D eigenvalue weighted by molar-refractivity contribution is 5.82. The molecule has 1 heterocycles. The molecule has 0 bridgehead atoms. The molecule has 1 amide bonds. The van der Waals surface area contributed by atoms with Gasteiger partial charge in [-0.25, -0.2) is 0 Å². The monoisotopic (exact) mass is 268 g/mol. The van der Waals surface area contributed by atoms with Crippen LogP contribution >= 0.6 is 0 Å². The summed E-state index contributed by atoms with van der Waals surface area (Å²) >= 11 is 0. The number of hydrogen-bond acceptors (Lipinski definition) is 3. The molecule has 0 spiro atoms. The number of likely N-dealkylation sites (tertiary alicyclic amines) is 1. The summed E-state index contributed by atoms with van der Waals surface area (Å²) in [7, 11) is 0. The molecule has 1 rings (SSSR count). The first-order valence-corrected chi connectivity index (χ1v) is 5.44. The maximum atomic E-state index is 12.8. The third kappa shape index (κ3) is 2.29. The van der Waals surface area contributed by atoms with Gasteiger partial charge in [-0.05, 0) is 6.42 Å². The van der Waals surface area contributed by atoms with Gasteiger partial charge in [-0.3, -0.25) is 9.59 Å². The predicted molar refractivity (Wildman–Crippen MR) is 55.5 cm³/mol. The normalized spacial score (nSPS) is 26.2. The molecule has 104 valence electrons. The molecule has 18 heavy (non-hydrogen) atoms. The summed E-state index contributed by atoms with van der Waals surface area (Å²) in [4.78, 5) is 23.5. The van der Waals surface area contributed by atoms with E-state index in [0.29, 0.717) is 0 Å². The van der Waals surface area contributed by atoms with Gasteiger partial charge in [0.1, 0.15) is 0 Å². The van der Waals surface area contributed by atoms with Crippen LogP contribution in [0.15, 0.2) is 0 Å². The first kappa shape index (κ1) is 14.7. The molecular weight excluding hydrogens is 253 g/mol. The van der Waals surface area contributed by atoms with E-state index in [2.05, 4.69) is 0 Å². The molecule has 1 aliphatic heterocycles. The average molecular weight is 268 g/mol. The molecule has 0 aromatic heterocycles. The molecular formula is C10H15F3N2O3. The molecule has 3 N–H and O–H groups in total. The predicted octanol–water partition coefficient (Wildman–Crippen LogP) is 0.447. The fraction of sp³-hybridized carbons (Fsp3) is 0.800. The van der Waals surface area contributed by atoms with Crippen molar-refractivity contribution in [3.63, 3.8) is 0 Å². The molecule has 1 aliphatic rings. The Morgan fingerprint density at radius 3 is 2.39 bits per heavy atom. The van der Waals surface area contributed by atoms with Crippen LogP contribution in [-0.4, -0.2) is 47.7 Å². The fourth-order valence-electron chi connectivity index (χ4n) is 1.94. The van der Waals surface area contributed by atoms with E-state index < -0.39 is 42.4 Å². The summed E-state index contributed by atoms with van der Waals surface area (Å²) in [5.74, 6) is -3.08. The molecule has 2 atom stereocenters. The minimum Gasteiger partial charge on any atom is -0.481 e. The van der Waals surface area contributed by atoms with E-state index in [0.717, 1.165) is 4.90 Å². The van der Waals surface area contributed by atoms with Crippen LogP contribution in [0.1, 0.15) is 13.3 Å². The Morgan fingerprint density at radius 1 is 1.50 bits per heavy atom. The van der Waals surface area contributed by atoms with E-state index >= 15 is 0 Å². The average Bonchev–Trinajstić information content (AvgIpc) is 2.72. The van der Waals surface area contributed by atoms with Crippen LogP contribution in [0, 0.1) is 11.3 Å². The van der Waals surface area contributed by atoms with E-state index in [9.17, 15) is 22.8 Å². The molecule has 0 saturated carbocycles. The minimum atomic E-state index is -4.88. The number of amides is 1. The van der Waals surface area contributed by atoms with Crippen molar-refractivity contribution in [1.29, 1.82) is 0 Å². The Labute approximate surface area is 102 Å². The highest BCUT2D eigenvalue weighted by Crippen LogP contribution is 2.45. The van der Waals surface area contributed by atoms with Crippen LogP contribution in [0.3, 0.4) is 0 Å². The molecule has 0 aromatic carbocycles. The largest absolute Gasteiger partial charge is 0.481 e. The number of carboxylic acid groups (broad SMARTS) is 1. The van der Waals surface area contributed by atoms with Crippen LogP contribution in [-0.2, 0) is 9.59 Å². The van der Waals surface area contributed by atoms with Crippen molar-refractivity contribution in [3.8, 4) is 0 Å². The Bertz CT molecular complexity index is 359. The number of carbonyl (C=O) groups is 2. The summed E-state index contributed by atoms with van der Waals surface area (Å²) in [5.41, 5.74) is 2.42. The van der Waals surface area contributed by atoms with Crippen LogP contribution in [0.25, 0.3) is 0 Å². The van der Waals surface area contributed by atoms with Crippen LogP contribution in [0.4, 0.5) is 13.2 Å². The van der Waals surface area contributed by atoms with Gasteiger partial charge in [0, 0.05) is 25.6 Å². The number of aliphatic carboxylic acids is 1. The maximum absolute atomic E-state index is 12.8. The molecule has 0 aromatic rings.